The average Bonchev–Trinajstić information content (AvgIpc) is 3.06. The van der Waals surface area contributed by atoms with Gasteiger partial charge in [0.2, 0.25) is 5.91 Å². The molecule has 1 aliphatic carbocycles. The van der Waals surface area contributed by atoms with Gasteiger partial charge in [-0.1, -0.05) is 18.3 Å². The minimum absolute atomic E-state index is 0.201. The Bertz CT molecular complexity index is 907. The summed E-state index contributed by atoms with van der Waals surface area (Å²) in [5.74, 6) is -0.479. The molecule has 4 rings (SSSR count). The maximum atomic E-state index is 12.6. The third-order valence-corrected chi connectivity index (χ3v) is 6.76. The lowest BCUT2D eigenvalue weighted by Crippen LogP contribution is -2.55. The number of thiazole rings is 1. The number of carbonyl (C=O) groups excluding carboxylic acids is 2. The van der Waals surface area contributed by atoms with Gasteiger partial charge in [0.25, 0.3) is 0 Å². The summed E-state index contributed by atoms with van der Waals surface area (Å²) in [5, 5.41) is 3.32. The molecule has 0 bridgehead atoms. The Kier molecular flexibility index (Phi) is 4.18. The zero-order valence-electron chi connectivity index (χ0n) is 15.5. The number of primary amides is 1. The van der Waals surface area contributed by atoms with Crippen molar-refractivity contribution in [2.75, 3.05) is 11.9 Å². The van der Waals surface area contributed by atoms with Crippen molar-refractivity contribution in [2.24, 2.45) is 5.73 Å². The van der Waals surface area contributed by atoms with Crippen molar-refractivity contribution in [3.63, 3.8) is 0 Å². The highest BCUT2D eigenvalue weighted by atomic mass is 32.1. The van der Waals surface area contributed by atoms with E-state index in [0.29, 0.717) is 18.1 Å². The van der Waals surface area contributed by atoms with Crippen LogP contribution < -0.4 is 11.1 Å². The minimum Gasteiger partial charge on any atom is -0.368 e. The number of urea groups is 1. The van der Waals surface area contributed by atoms with E-state index in [-0.39, 0.29) is 11.4 Å². The molecule has 0 spiro atoms. The number of hydrogen-bond acceptors (Lipinski definition) is 5. The fraction of sp³-hybridized carbons (Fsp3) is 0.474. The van der Waals surface area contributed by atoms with Gasteiger partial charge in [0.1, 0.15) is 5.54 Å². The summed E-state index contributed by atoms with van der Waals surface area (Å²) >= 11 is 1.41. The van der Waals surface area contributed by atoms with E-state index in [1.165, 1.54) is 29.1 Å². The van der Waals surface area contributed by atoms with Crippen molar-refractivity contribution in [2.45, 2.75) is 50.5 Å². The van der Waals surface area contributed by atoms with Gasteiger partial charge < -0.3 is 10.6 Å². The van der Waals surface area contributed by atoms with Crippen LogP contribution in [0.4, 0.5) is 9.93 Å². The van der Waals surface area contributed by atoms with Gasteiger partial charge in [0, 0.05) is 30.0 Å². The van der Waals surface area contributed by atoms with Crippen molar-refractivity contribution < 1.29 is 9.59 Å². The Morgan fingerprint density at radius 1 is 1.26 bits per heavy atom. The van der Waals surface area contributed by atoms with Crippen LogP contribution in [-0.2, 0) is 10.2 Å². The second-order valence-corrected chi connectivity index (χ2v) is 8.87. The Morgan fingerprint density at radius 3 is 2.74 bits per heavy atom. The van der Waals surface area contributed by atoms with E-state index in [4.69, 9.17) is 5.73 Å². The number of aromatic nitrogens is 2. The van der Waals surface area contributed by atoms with Crippen LogP contribution in [0.2, 0.25) is 0 Å². The Labute approximate surface area is 162 Å². The van der Waals surface area contributed by atoms with Crippen molar-refractivity contribution in [1.82, 2.24) is 14.9 Å². The zero-order chi connectivity index (χ0) is 19.2. The number of hydrogen-bond donors (Lipinski definition) is 2. The number of amides is 3. The first-order valence-electron chi connectivity index (χ1n) is 9.13. The molecular formula is C19H23N5O2S. The Morgan fingerprint density at radius 2 is 2.04 bits per heavy atom. The van der Waals surface area contributed by atoms with Crippen LogP contribution in [0.5, 0.6) is 0 Å². The van der Waals surface area contributed by atoms with Crippen LogP contribution in [0.25, 0.3) is 10.4 Å². The van der Waals surface area contributed by atoms with Gasteiger partial charge in [-0.2, -0.15) is 0 Å². The first kappa shape index (κ1) is 17.9. The molecule has 3 amide bonds. The standard InChI is InChI=1S/C19H23N5O2S/c1-18(6-7-18)14-10-12(4-8-21-14)13-11-22-16(27-13)23-17(26)24-9-3-5-19(24,2)15(20)25/h4,8,10-11H,3,5-7,9H2,1-2H3,(H2,20,25)(H,22,23,26)/t19-/m1/s1. The molecule has 3 N–H and O–H groups in total. The number of nitrogens with one attached hydrogen (secondary N) is 1. The molecule has 7 nitrogen and oxygen atoms in total. The number of nitrogens with zero attached hydrogens (tertiary/aromatic N) is 3. The lowest BCUT2D eigenvalue weighted by molar-refractivity contribution is -0.126. The fourth-order valence-electron chi connectivity index (χ4n) is 3.53. The summed E-state index contributed by atoms with van der Waals surface area (Å²) in [6.07, 6.45) is 7.26. The van der Waals surface area contributed by atoms with Crippen LogP contribution in [0, 0.1) is 0 Å². The molecule has 142 valence electrons. The van der Waals surface area contributed by atoms with E-state index in [9.17, 15) is 9.59 Å². The number of carbonyl (C=O) groups is 2. The molecule has 2 aromatic heterocycles. The summed E-state index contributed by atoms with van der Waals surface area (Å²) in [6, 6.07) is 3.73. The Balaban J connectivity index is 1.50. The normalized spacial score (nSPS) is 23.3. The smallest absolute Gasteiger partial charge is 0.324 e. The zero-order valence-corrected chi connectivity index (χ0v) is 16.3. The van der Waals surface area contributed by atoms with Crippen LogP contribution >= 0.6 is 11.3 Å². The molecule has 1 aliphatic heterocycles. The molecule has 0 aromatic carbocycles. The van der Waals surface area contributed by atoms with E-state index in [1.807, 2.05) is 12.3 Å². The van der Waals surface area contributed by atoms with Crippen LogP contribution in [0.3, 0.4) is 0 Å². The van der Waals surface area contributed by atoms with Gasteiger partial charge in [-0.25, -0.2) is 9.78 Å². The quantitative estimate of drug-likeness (QED) is 0.844. The van der Waals surface area contributed by atoms with E-state index in [0.717, 1.165) is 22.6 Å². The first-order chi connectivity index (χ1) is 12.8. The maximum absolute atomic E-state index is 12.6. The van der Waals surface area contributed by atoms with Gasteiger partial charge in [0.15, 0.2) is 5.13 Å². The second-order valence-electron chi connectivity index (χ2n) is 7.84. The summed E-state index contributed by atoms with van der Waals surface area (Å²) < 4.78 is 0. The van der Waals surface area contributed by atoms with E-state index >= 15 is 0 Å². The molecule has 8 heteroatoms. The van der Waals surface area contributed by atoms with Crippen molar-refractivity contribution >= 4 is 28.4 Å². The second kappa shape index (κ2) is 6.30. The van der Waals surface area contributed by atoms with Gasteiger partial charge >= 0.3 is 6.03 Å². The van der Waals surface area contributed by atoms with E-state index in [2.05, 4.69) is 28.3 Å². The predicted molar refractivity (Wildman–Crippen MR) is 104 cm³/mol. The first-order valence-corrected chi connectivity index (χ1v) is 9.95. The summed E-state index contributed by atoms with van der Waals surface area (Å²) in [6.45, 7) is 4.45. The largest absolute Gasteiger partial charge is 0.368 e. The average molecular weight is 385 g/mol. The molecule has 27 heavy (non-hydrogen) atoms. The van der Waals surface area contributed by atoms with E-state index in [1.54, 1.807) is 13.1 Å². The molecule has 3 heterocycles. The molecule has 2 aliphatic rings. The summed E-state index contributed by atoms with van der Waals surface area (Å²) in [7, 11) is 0. The third kappa shape index (κ3) is 3.18. The van der Waals surface area contributed by atoms with E-state index < -0.39 is 11.4 Å². The predicted octanol–water partition coefficient (Wildman–Crippen LogP) is 3.13. The molecule has 2 fully saturated rings. The number of likely N-dealkylation sites (tertiary alicyclic amines) is 1. The Hall–Kier alpha value is -2.48. The van der Waals surface area contributed by atoms with Crippen LogP contribution in [0.15, 0.2) is 24.5 Å². The molecule has 0 unspecified atom stereocenters. The van der Waals surface area contributed by atoms with Crippen molar-refractivity contribution in [1.29, 1.82) is 0 Å². The highest BCUT2D eigenvalue weighted by molar-refractivity contribution is 7.19. The maximum Gasteiger partial charge on any atom is 0.324 e. The molecular weight excluding hydrogens is 362 g/mol. The summed E-state index contributed by atoms with van der Waals surface area (Å²) in [4.78, 5) is 35.7. The molecule has 1 saturated carbocycles. The van der Waals surface area contributed by atoms with Gasteiger partial charge in [-0.3, -0.25) is 15.1 Å². The minimum atomic E-state index is -0.941. The van der Waals surface area contributed by atoms with Crippen molar-refractivity contribution in [3.8, 4) is 10.4 Å². The highest BCUT2D eigenvalue weighted by Gasteiger charge is 2.44. The summed E-state index contributed by atoms with van der Waals surface area (Å²) in [5.41, 5.74) is 6.92. The lowest BCUT2D eigenvalue weighted by Gasteiger charge is -2.31. The SMILES string of the molecule is CC1(c2cc(-c3cnc(NC(=O)N4CCC[C@]4(C)C(N)=O)s3)ccn2)CC1. The van der Waals surface area contributed by atoms with Gasteiger partial charge in [-0.05, 0) is 50.3 Å². The van der Waals surface area contributed by atoms with Crippen LogP contribution in [-0.4, -0.2) is 38.9 Å². The van der Waals surface area contributed by atoms with Crippen molar-refractivity contribution in [3.05, 3.63) is 30.2 Å². The van der Waals surface area contributed by atoms with Crippen LogP contribution in [0.1, 0.15) is 45.2 Å². The molecule has 2 aromatic rings. The topological polar surface area (TPSA) is 101 Å². The molecule has 0 radical (unpaired) electrons. The highest BCUT2D eigenvalue weighted by Crippen LogP contribution is 2.47. The molecule has 1 saturated heterocycles. The third-order valence-electron chi connectivity index (χ3n) is 5.80. The monoisotopic (exact) mass is 385 g/mol. The number of anilines is 1. The lowest BCUT2D eigenvalue weighted by atomic mass is 9.98. The fourth-order valence-corrected chi connectivity index (χ4v) is 4.33. The number of pyridine rings is 1. The number of nitrogens with two attached hydrogens (primary N) is 1. The van der Waals surface area contributed by atoms with Gasteiger partial charge in [0.05, 0.1) is 4.88 Å². The van der Waals surface area contributed by atoms with Gasteiger partial charge in [-0.15, -0.1) is 0 Å². The molecule has 1 atom stereocenters. The number of rotatable bonds is 4.